The molecule has 3 aromatic rings. The van der Waals surface area contributed by atoms with Gasteiger partial charge in [0.25, 0.3) is 0 Å². The molecule has 0 amide bonds. The van der Waals surface area contributed by atoms with Gasteiger partial charge in [0.05, 0.1) is 11.0 Å². The number of imidazole rings is 1. The van der Waals surface area contributed by atoms with Gasteiger partial charge in [-0.2, -0.15) is 4.98 Å². The van der Waals surface area contributed by atoms with Crippen molar-refractivity contribution in [1.29, 1.82) is 0 Å². The Morgan fingerprint density at radius 1 is 1.37 bits per heavy atom. The Morgan fingerprint density at radius 2 is 2.21 bits per heavy atom. The maximum Gasteiger partial charge on any atom is 0.223 e. The first-order chi connectivity index (χ1) is 9.13. The minimum Gasteiger partial charge on any atom is -0.369 e. The lowest BCUT2D eigenvalue weighted by molar-refractivity contribution is 0.386. The molecule has 7 heteroatoms. The first kappa shape index (κ1) is 12.2. The van der Waals surface area contributed by atoms with E-state index in [-0.39, 0.29) is 0 Å². The van der Waals surface area contributed by atoms with Gasteiger partial charge in [-0.05, 0) is 18.2 Å². The summed E-state index contributed by atoms with van der Waals surface area (Å²) in [6.07, 6.45) is 0.656. The molecular formula is C12H12BrN5O. The lowest BCUT2D eigenvalue weighted by atomic mass is 10.3. The number of hydrogen-bond donors (Lipinski definition) is 1. The van der Waals surface area contributed by atoms with Gasteiger partial charge in [-0.25, -0.2) is 4.98 Å². The molecule has 19 heavy (non-hydrogen) atoms. The second kappa shape index (κ2) is 4.65. The Morgan fingerprint density at radius 3 is 2.95 bits per heavy atom. The summed E-state index contributed by atoms with van der Waals surface area (Å²) in [6, 6.07) is 5.91. The summed E-state index contributed by atoms with van der Waals surface area (Å²) < 4.78 is 7.88. The summed E-state index contributed by atoms with van der Waals surface area (Å²) in [6.45, 7) is 2.44. The molecule has 0 atom stereocenters. The van der Waals surface area contributed by atoms with Gasteiger partial charge in [0.2, 0.25) is 11.8 Å². The predicted molar refractivity (Wildman–Crippen MR) is 74.6 cm³/mol. The zero-order valence-electron chi connectivity index (χ0n) is 10.3. The van der Waals surface area contributed by atoms with Crippen molar-refractivity contribution in [2.75, 3.05) is 5.73 Å². The molecule has 0 radical (unpaired) electrons. The fraction of sp³-hybridized carbons (Fsp3) is 0.250. The average molecular weight is 322 g/mol. The highest BCUT2D eigenvalue weighted by Crippen LogP contribution is 2.22. The van der Waals surface area contributed by atoms with E-state index in [1.807, 2.05) is 22.8 Å². The quantitative estimate of drug-likeness (QED) is 0.800. The lowest BCUT2D eigenvalue weighted by Crippen LogP contribution is -2.06. The van der Waals surface area contributed by atoms with E-state index in [4.69, 9.17) is 10.3 Å². The van der Waals surface area contributed by atoms with Crippen molar-refractivity contribution >= 4 is 32.9 Å². The zero-order valence-corrected chi connectivity index (χ0v) is 11.9. The number of nitrogens with zero attached hydrogens (tertiary/aromatic N) is 4. The van der Waals surface area contributed by atoms with Crippen molar-refractivity contribution < 1.29 is 4.52 Å². The van der Waals surface area contributed by atoms with Crippen LogP contribution in [0.15, 0.2) is 27.2 Å². The fourth-order valence-electron chi connectivity index (χ4n) is 2.01. The number of aryl methyl sites for hydroxylation is 3. The number of benzene rings is 1. The van der Waals surface area contributed by atoms with Gasteiger partial charge in [0.15, 0.2) is 5.82 Å². The minimum atomic E-state index is 0.494. The van der Waals surface area contributed by atoms with Crippen LogP contribution in [-0.2, 0) is 13.0 Å². The molecule has 0 bridgehead atoms. The highest BCUT2D eigenvalue weighted by atomic mass is 79.9. The van der Waals surface area contributed by atoms with Gasteiger partial charge in [-0.1, -0.05) is 21.1 Å². The molecule has 3 rings (SSSR count). The molecule has 0 saturated carbocycles. The summed E-state index contributed by atoms with van der Waals surface area (Å²) in [5.41, 5.74) is 7.82. The fourth-order valence-corrected chi connectivity index (χ4v) is 2.36. The van der Waals surface area contributed by atoms with E-state index >= 15 is 0 Å². The van der Waals surface area contributed by atoms with Crippen molar-refractivity contribution in [3.63, 3.8) is 0 Å². The summed E-state index contributed by atoms with van der Waals surface area (Å²) in [4.78, 5) is 8.51. The van der Waals surface area contributed by atoms with Gasteiger partial charge < -0.3 is 14.8 Å². The molecule has 0 fully saturated rings. The van der Waals surface area contributed by atoms with Gasteiger partial charge in [0, 0.05) is 24.4 Å². The highest BCUT2D eigenvalue weighted by Gasteiger charge is 2.10. The predicted octanol–water partition coefficient (Wildman–Crippen LogP) is 2.32. The van der Waals surface area contributed by atoms with Crippen LogP contribution in [0.5, 0.6) is 0 Å². The smallest absolute Gasteiger partial charge is 0.223 e. The second-order valence-corrected chi connectivity index (χ2v) is 5.15. The molecule has 2 aromatic heterocycles. The van der Waals surface area contributed by atoms with Crippen molar-refractivity contribution in [2.24, 2.45) is 0 Å². The molecule has 6 nitrogen and oxygen atoms in total. The van der Waals surface area contributed by atoms with Gasteiger partial charge in [-0.3, -0.25) is 0 Å². The monoisotopic (exact) mass is 321 g/mol. The number of anilines is 1. The number of fused-ring (bicyclic) bond motifs is 1. The van der Waals surface area contributed by atoms with Crippen LogP contribution in [0, 0.1) is 6.92 Å². The van der Waals surface area contributed by atoms with Crippen LogP contribution in [0.2, 0.25) is 0 Å². The molecule has 0 aliphatic carbocycles. The normalized spacial score (nSPS) is 11.3. The number of rotatable bonds is 3. The van der Waals surface area contributed by atoms with E-state index in [1.54, 1.807) is 6.92 Å². The topological polar surface area (TPSA) is 82.8 Å². The number of nitrogens with two attached hydrogens (primary N) is 1. The van der Waals surface area contributed by atoms with Crippen LogP contribution < -0.4 is 5.73 Å². The number of hydrogen-bond acceptors (Lipinski definition) is 5. The lowest BCUT2D eigenvalue weighted by Gasteiger charge is -2.04. The standard InChI is InChI=1S/C12H12BrN5O/c1-7-15-11(17-19-7)4-5-18-10-3-2-8(13)6-9(10)16-12(18)14/h2-3,6H,4-5H2,1H3,(H2,14,16). The molecule has 0 aliphatic heterocycles. The van der Waals surface area contributed by atoms with E-state index in [0.717, 1.165) is 15.5 Å². The molecule has 0 saturated heterocycles. The van der Waals surface area contributed by atoms with E-state index in [0.29, 0.717) is 30.6 Å². The molecule has 1 aromatic carbocycles. The van der Waals surface area contributed by atoms with E-state index < -0.39 is 0 Å². The summed E-state index contributed by atoms with van der Waals surface area (Å²) in [5, 5.41) is 3.87. The SMILES string of the molecule is Cc1nc(CCn2c(N)nc3cc(Br)ccc32)no1. The third kappa shape index (κ3) is 2.33. The molecule has 0 unspecified atom stereocenters. The van der Waals surface area contributed by atoms with E-state index in [9.17, 15) is 0 Å². The minimum absolute atomic E-state index is 0.494. The molecular weight excluding hydrogens is 310 g/mol. The Kier molecular flexibility index (Phi) is 2.98. The van der Waals surface area contributed by atoms with Crippen LogP contribution in [-0.4, -0.2) is 19.7 Å². The van der Waals surface area contributed by atoms with Crippen LogP contribution in [0.1, 0.15) is 11.7 Å². The van der Waals surface area contributed by atoms with Crippen LogP contribution in [0.3, 0.4) is 0 Å². The number of aromatic nitrogens is 4. The van der Waals surface area contributed by atoms with Crippen molar-refractivity contribution in [2.45, 2.75) is 19.9 Å². The van der Waals surface area contributed by atoms with Crippen LogP contribution >= 0.6 is 15.9 Å². The maximum absolute atomic E-state index is 5.95. The van der Waals surface area contributed by atoms with Crippen LogP contribution in [0.25, 0.3) is 11.0 Å². The molecule has 98 valence electrons. The largest absolute Gasteiger partial charge is 0.369 e. The number of nitrogen functional groups attached to an aromatic ring is 1. The first-order valence-corrected chi connectivity index (χ1v) is 6.63. The van der Waals surface area contributed by atoms with Gasteiger partial charge >= 0.3 is 0 Å². The van der Waals surface area contributed by atoms with E-state index in [2.05, 4.69) is 31.1 Å². The third-order valence-corrected chi connectivity index (χ3v) is 3.36. The first-order valence-electron chi connectivity index (χ1n) is 5.84. The van der Waals surface area contributed by atoms with E-state index in [1.165, 1.54) is 0 Å². The van der Waals surface area contributed by atoms with Gasteiger partial charge in [0.1, 0.15) is 0 Å². The molecule has 2 N–H and O–H groups in total. The van der Waals surface area contributed by atoms with Crippen molar-refractivity contribution in [3.05, 3.63) is 34.4 Å². The third-order valence-electron chi connectivity index (χ3n) is 2.87. The Hall–Kier alpha value is -1.89. The van der Waals surface area contributed by atoms with Crippen molar-refractivity contribution in [3.8, 4) is 0 Å². The second-order valence-electron chi connectivity index (χ2n) is 4.23. The zero-order chi connectivity index (χ0) is 13.4. The highest BCUT2D eigenvalue weighted by molar-refractivity contribution is 9.10. The molecule has 2 heterocycles. The summed E-state index contributed by atoms with van der Waals surface area (Å²) in [5.74, 6) is 1.74. The Balaban J connectivity index is 1.90. The van der Waals surface area contributed by atoms with Gasteiger partial charge in [-0.15, -0.1) is 0 Å². The molecule has 0 spiro atoms. The van der Waals surface area contributed by atoms with Crippen molar-refractivity contribution in [1.82, 2.24) is 19.7 Å². The Bertz CT molecular complexity index is 733. The average Bonchev–Trinajstić information content (AvgIpc) is 2.89. The summed E-state index contributed by atoms with van der Waals surface area (Å²) >= 11 is 3.42. The maximum atomic E-state index is 5.95. The molecule has 0 aliphatic rings. The number of halogens is 1. The Labute approximate surface area is 117 Å². The van der Waals surface area contributed by atoms with Crippen LogP contribution in [0.4, 0.5) is 5.95 Å². The summed E-state index contributed by atoms with van der Waals surface area (Å²) in [7, 11) is 0.